The lowest BCUT2D eigenvalue weighted by molar-refractivity contribution is -0.00873. The molecule has 0 amide bonds. The Hall–Kier alpha value is -0.680. The van der Waals surface area contributed by atoms with E-state index in [-0.39, 0.29) is 0 Å². The molecule has 1 saturated heterocycles. The van der Waals surface area contributed by atoms with E-state index in [2.05, 4.69) is 15.1 Å². The summed E-state index contributed by atoms with van der Waals surface area (Å²) in [4.78, 5) is 2.47. The number of nitrogens with zero attached hydrogens (tertiary/aromatic N) is 3. The Balaban J connectivity index is 1.57. The molecular weight excluding hydrogens is 246 g/mol. The fourth-order valence-corrected chi connectivity index (χ4v) is 4.27. The molecule has 4 rings (SSSR count). The van der Waals surface area contributed by atoms with Gasteiger partial charge in [0.25, 0.3) is 0 Å². The minimum Gasteiger partial charge on any atom is -0.374 e. The molecule has 0 aromatic carbocycles. The van der Waals surface area contributed by atoms with Gasteiger partial charge in [0, 0.05) is 12.5 Å². The van der Waals surface area contributed by atoms with E-state index >= 15 is 0 Å². The van der Waals surface area contributed by atoms with E-state index in [9.17, 15) is 0 Å². The quantitative estimate of drug-likeness (QED) is 0.823. The Morgan fingerprint density at radius 2 is 2.00 bits per heavy atom. The van der Waals surface area contributed by atoms with Crippen LogP contribution in [-0.2, 0) is 4.74 Å². The molecule has 0 N–H and O–H groups in total. The van der Waals surface area contributed by atoms with Gasteiger partial charge in [-0.05, 0) is 25.7 Å². The second kappa shape index (κ2) is 4.46. The van der Waals surface area contributed by atoms with Gasteiger partial charge in [-0.1, -0.05) is 24.2 Å². The van der Waals surface area contributed by atoms with Crippen LogP contribution < -0.4 is 4.90 Å². The maximum Gasteiger partial charge on any atom is 0.208 e. The zero-order chi connectivity index (χ0) is 11.9. The molecule has 0 unspecified atom stereocenters. The Morgan fingerprint density at radius 3 is 2.89 bits per heavy atom. The Morgan fingerprint density at radius 1 is 1.11 bits per heavy atom. The third kappa shape index (κ3) is 1.93. The number of aromatic nitrogens is 2. The Kier molecular flexibility index (Phi) is 2.77. The number of fused-ring (bicyclic) bond motifs is 1. The summed E-state index contributed by atoms with van der Waals surface area (Å²) in [6.45, 7) is 1.83. The van der Waals surface area contributed by atoms with Crippen LogP contribution in [0.15, 0.2) is 0 Å². The summed E-state index contributed by atoms with van der Waals surface area (Å²) in [6.07, 6.45) is 8.17. The second-order valence-corrected chi connectivity index (χ2v) is 6.64. The van der Waals surface area contributed by atoms with Crippen molar-refractivity contribution in [1.82, 2.24) is 10.2 Å². The van der Waals surface area contributed by atoms with Crippen LogP contribution in [0.5, 0.6) is 0 Å². The van der Waals surface area contributed by atoms with Gasteiger partial charge in [-0.15, -0.1) is 10.2 Å². The fraction of sp³-hybridized carbons (Fsp3) is 0.846. The largest absolute Gasteiger partial charge is 0.374 e. The summed E-state index contributed by atoms with van der Waals surface area (Å²) in [5.41, 5.74) is 0. The van der Waals surface area contributed by atoms with Crippen molar-refractivity contribution in [1.29, 1.82) is 0 Å². The molecule has 1 aromatic heterocycles. The van der Waals surface area contributed by atoms with E-state index in [0.717, 1.165) is 24.2 Å². The average molecular weight is 265 g/mol. The number of hydrogen-bond donors (Lipinski definition) is 0. The third-order valence-corrected chi connectivity index (χ3v) is 5.46. The highest BCUT2D eigenvalue weighted by Gasteiger charge is 2.36. The van der Waals surface area contributed by atoms with Crippen LogP contribution >= 0.6 is 11.3 Å². The van der Waals surface area contributed by atoms with Gasteiger partial charge < -0.3 is 9.64 Å². The number of morpholine rings is 1. The summed E-state index contributed by atoms with van der Waals surface area (Å²) in [7, 11) is 0. The number of rotatable bonds is 2. The number of anilines is 1. The highest BCUT2D eigenvalue weighted by atomic mass is 32.1. The van der Waals surface area contributed by atoms with Gasteiger partial charge in [0.1, 0.15) is 5.01 Å². The van der Waals surface area contributed by atoms with Crippen molar-refractivity contribution in [2.75, 3.05) is 18.1 Å². The molecule has 4 nitrogen and oxygen atoms in total. The summed E-state index contributed by atoms with van der Waals surface area (Å²) in [5, 5.41) is 11.2. The van der Waals surface area contributed by atoms with Gasteiger partial charge in [-0.2, -0.15) is 0 Å². The zero-order valence-electron chi connectivity index (χ0n) is 10.5. The third-order valence-electron chi connectivity index (χ3n) is 4.33. The van der Waals surface area contributed by atoms with E-state index in [1.807, 2.05) is 11.3 Å². The van der Waals surface area contributed by atoms with Crippen molar-refractivity contribution in [3.8, 4) is 0 Å². The first-order valence-electron chi connectivity index (χ1n) is 7.13. The molecule has 3 aliphatic rings. The van der Waals surface area contributed by atoms with Crippen LogP contribution in [0, 0.1) is 0 Å². The summed E-state index contributed by atoms with van der Waals surface area (Å²) >= 11 is 1.81. The molecule has 5 heteroatoms. The second-order valence-electron chi connectivity index (χ2n) is 5.65. The van der Waals surface area contributed by atoms with Crippen molar-refractivity contribution >= 4 is 16.5 Å². The lowest BCUT2D eigenvalue weighted by Crippen LogP contribution is -2.52. The molecular formula is C13H19N3OS. The first-order chi connectivity index (χ1) is 8.92. The van der Waals surface area contributed by atoms with Crippen LogP contribution in [0.25, 0.3) is 0 Å². The van der Waals surface area contributed by atoms with E-state index in [0.29, 0.717) is 12.1 Å². The topological polar surface area (TPSA) is 38.2 Å². The minimum absolute atomic E-state index is 0.431. The maximum absolute atomic E-state index is 5.91. The minimum atomic E-state index is 0.431. The summed E-state index contributed by atoms with van der Waals surface area (Å²) in [5.74, 6) is 0.722. The summed E-state index contributed by atoms with van der Waals surface area (Å²) in [6, 6.07) is 0.549. The van der Waals surface area contributed by atoms with Crippen molar-refractivity contribution in [3.63, 3.8) is 0 Å². The van der Waals surface area contributed by atoms with Crippen LogP contribution in [0.4, 0.5) is 5.13 Å². The van der Waals surface area contributed by atoms with Crippen LogP contribution in [-0.4, -0.2) is 35.5 Å². The molecule has 2 heterocycles. The van der Waals surface area contributed by atoms with E-state index in [1.54, 1.807) is 0 Å². The van der Waals surface area contributed by atoms with Gasteiger partial charge >= 0.3 is 0 Å². The van der Waals surface area contributed by atoms with Crippen molar-refractivity contribution in [3.05, 3.63) is 5.01 Å². The van der Waals surface area contributed by atoms with E-state index in [1.165, 1.54) is 43.5 Å². The number of hydrogen-bond acceptors (Lipinski definition) is 5. The predicted molar refractivity (Wildman–Crippen MR) is 71.2 cm³/mol. The molecule has 1 aromatic rings. The molecule has 0 bridgehead atoms. The average Bonchev–Trinajstić information content (AvgIpc) is 3.16. The van der Waals surface area contributed by atoms with Gasteiger partial charge in [0.2, 0.25) is 5.13 Å². The van der Waals surface area contributed by atoms with E-state index in [4.69, 9.17) is 4.74 Å². The van der Waals surface area contributed by atoms with Crippen LogP contribution in [0.2, 0.25) is 0 Å². The zero-order valence-corrected chi connectivity index (χ0v) is 11.4. The first kappa shape index (κ1) is 11.2. The molecule has 0 radical (unpaired) electrons. The van der Waals surface area contributed by atoms with Crippen molar-refractivity contribution in [2.45, 2.75) is 56.6 Å². The SMILES string of the molecule is C1CC[C@H]2[C@@H](C1)OCCN2c1nnc(C2CC2)s1. The molecule has 2 atom stereocenters. The predicted octanol–water partition coefficient (Wildman–Crippen LogP) is 2.56. The molecule has 18 heavy (non-hydrogen) atoms. The lowest BCUT2D eigenvalue weighted by Gasteiger charge is -2.43. The molecule has 2 aliphatic carbocycles. The lowest BCUT2D eigenvalue weighted by atomic mass is 9.90. The van der Waals surface area contributed by atoms with Gasteiger partial charge in [0.15, 0.2) is 0 Å². The van der Waals surface area contributed by atoms with Crippen LogP contribution in [0.1, 0.15) is 49.5 Å². The van der Waals surface area contributed by atoms with Gasteiger partial charge in [-0.25, -0.2) is 0 Å². The highest BCUT2D eigenvalue weighted by Crippen LogP contribution is 2.43. The molecule has 98 valence electrons. The molecule has 2 saturated carbocycles. The van der Waals surface area contributed by atoms with Gasteiger partial charge in [-0.3, -0.25) is 0 Å². The maximum atomic E-state index is 5.91. The Bertz CT molecular complexity index is 430. The van der Waals surface area contributed by atoms with Gasteiger partial charge in [0.05, 0.1) is 18.8 Å². The first-order valence-corrected chi connectivity index (χ1v) is 7.95. The summed E-state index contributed by atoms with van der Waals surface area (Å²) < 4.78 is 5.91. The van der Waals surface area contributed by atoms with Crippen LogP contribution in [0.3, 0.4) is 0 Å². The smallest absolute Gasteiger partial charge is 0.208 e. The monoisotopic (exact) mass is 265 g/mol. The molecule has 0 spiro atoms. The Labute approximate surface area is 111 Å². The normalized spacial score (nSPS) is 32.3. The van der Waals surface area contributed by atoms with Crippen molar-refractivity contribution < 1.29 is 4.74 Å². The highest BCUT2D eigenvalue weighted by molar-refractivity contribution is 7.15. The molecule has 3 fully saturated rings. The molecule has 1 aliphatic heterocycles. The van der Waals surface area contributed by atoms with E-state index < -0.39 is 0 Å². The van der Waals surface area contributed by atoms with Crippen molar-refractivity contribution in [2.24, 2.45) is 0 Å². The fourth-order valence-electron chi connectivity index (χ4n) is 3.17. The number of ether oxygens (including phenoxy) is 1. The standard InChI is InChI=1S/C13H19N3OS/c1-2-4-11-10(3-1)16(7-8-17-11)13-15-14-12(18-13)9-5-6-9/h9-11H,1-8H2/t10-,11+/m0/s1.